The van der Waals surface area contributed by atoms with Gasteiger partial charge in [-0.2, -0.15) is 0 Å². The highest BCUT2D eigenvalue weighted by Crippen LogP contribution is 2.40. The van der Waals surface area contributed by atoms with Crippen molar-refractivity contribution >= 4 is 17.9 Å². The highest BCUT2D eigenvalue weighted by molar-refractivity contribution is 6.16. The number of pyridine rings is 2. The molecule has 0 aliphatic carbocycles. The number of likely N-dealkylation sites (N-methyl/N-ethyl adjacent to an activating group) is 1. The molecule has 0 spiro atoms. The summed E-state index contributed by atoms with van der Waals surface area (Å²) in [7, 11) is 2.12. The summed E-state index contributed by atoms with van der Waals surface area (Å²) in [5.41, 5.74) is 3.82. The maximum Gasteiger partial charge on any atom is 0.188 e. The average Bonchev–Trinajstić information content (AvgIpc) is 2.93. The Kier molecular flexibility index (Phi) is 3.82. The zero-order chi connectivity index (χ0) is 16.5. The minimum absolute atomic E-state index is 0.175. The van der Waals surface area contributed by atoms with Crippen LogP contribution in [0.5, 0.6) is 0 Å². The third-order valence-electron chi connectivity index (χ3n) is 5.00. The van der Waals surface area contributed by atoms with E-state index in [0.717, 1.165) is 35.1 Å². The van der Waals surface area contributed by atoms with Gasteiger partial charge >= 0.3 is 0 Å². The molecular weight excluding hydrogens is 298 g/mol. The number of Topliss-reactive ketones (excluding diaryl/α,β-unsaturated/α-hetero) is 1. The molecule has 2 atom stereocenters. The Hall–Kier alpha value is -2.59. The second-order valence-electron chi connectivity index (χ2n) is 6.36. The van der Waals surface area contributed by atoms with Gasteiger partial charge in [0, 0.05) is 48.0 Å². The van der Waals surface area contributed by atoms with Gasteiger partial charge in [0.25, 0.3) is 0 Å². The molecule has 2 aromatic heterocycles. The van der Waals surface area contributed by atoms with E-state index >= 15 is 0 Å². The molecule has 0 saturated carbocycles. The van der Waals surface area contributed by atoms with Gasteiger partial charge in [-0.3, -0.25) is 19.7 Å². The third kappa shape index (κ3) is 2.59. The predicted molar refractivity (Wildman–Crippen MR) is 94.0 cm³/mol. The van der Waals surface area contributed by atoms with Crippen molar-refractivity contribution in [1.29, 1.82) is 0 Å². The summed E-state index contributed by atoms with van der Waals surface area (Å²) in [5, 5.41) is 0. The first-order chi connectivity index (χ1) is 11.7. The molecule has 4 heteroatoms. The zero-order valence-corrected chi connectivity index (χ0v) is 13.6. The molecule has 2 saturated heterocycles. The summed E-state index contributed by atoms with van der Waals surface area (Å²) < 4.78 is 0. The number of hydrogen-bond acceptors (Lipinski definition) is 4. The van der Waals surface area contributed by atoms with Crippen molar-refractivity contribution in [3.05, 3.63) is 71.3 Å². The molecule has 4 heterocycles. The van der Waals surface area contributed by atoms with Crippen molar-refractivity contribution in [1.82, 2.24) is 14.9 Å². The van der Waals surface area contributed by atoms with Gasteiger partial charge in [0.05, 0.1) is 0 Å². The molecule has 0 aromatic carbocycles. The van der Waals surface area contributed by atoms with Gasteiger partial charge in [-0.05, 0) is 67.4 Å². The van der Waals surface area contributed by atoms with Gasteiger partial charge in [0.15, 0.2) is 5.78 Å². The highest BCUT2D eigenvalue weighted by Gasteiger charge is 2.44. The van der Waals surface area contributed by atoms with Crippen LogP contribution in [0.25, 0.3) is 12.2 Å². The van der Waals surface area contributed by atoms with E-state index in [2.05, 4.69) is 21.9 Å². The summed E-state index contributed by atoms with van der Waals surface area (Å²) in [4.78, 5) is 23.6. The summed E-state index contributed by atoms with van der Waals surface area (Å²) in [6.07, 6.45) is 13.1. The number of carbonyl (C=O) groups excluding carboxylic acids is 1. The molecular formula is C20H19N3O. The summed E-state index contributed by atoms with van der Waals surface area (Å²) >= 11 is 0. The molecule has 120 valence electrons. The Bertz CT molecular complexity index is 744. The third-order valence-corrected chi connectivity index (χ3v) is 5.00. The van der Waals surface area contributed by atoms with Gasteiger partial charge in [-0.1, -0.05) is 0 Å². The molecule has 0 amide bonds. The fourth-order valence-corrected chi connectivity index (χ4v) is 3.76. The second kappa shape index (κ2) is 6.13. The maximum atomic E-state index is 13.1. The van der Waals surface area contributed by atoms with Crippen LogP contribution in [0.3, 0.4) is 0 Å². The van der Waals surface area contributed by atoms with Crippen LogP contribution in [0.15, 0.2) is 60.2 Å². The Balaban J connectivity index is 1.78. The first-order valence-electron chi connectivity index (χ1n) is 8.24. The van der Waals surface area contributed by atoms with Crippen LogP contribution in [0.2, 0.25) is 0 Å². The van der Waals surface area contributed by atoms with E-state index in [1.807, 2.05) is 36.4 Å². The van der Waals surface area contributed by atoms with E-state index < -0.39 is 0 Å². The first kappa shape index (κ1) is 15.0. The Morgan fingerprint density at radius 1 is 0.875 bits per heavy atom. The smallest absolute Gasteiger partial charge is 0.188 e. The van der Waals surface area contributed by atoms with Crippen molar-refractivity contribution in [2.75, 3.05) is 7.05 Å². The van der Waals surface area contributed by atoms with E-state index in [0.29, 0.717) is 0 Å². The van der Waals surface area contributed by atoms with E-state index in [-0.39, 0.29) is 17.9 Å². The first-order valence-corrected chi connectivity index (χ1v) is 8.24. The van der Waals surface area contributed by atoms with Crippen LogP contribution in [-0.4, -0.2) is 39.8 Å². The standard InChI is InChI=1S/C20H19N3O/c1-23-18-2-3-19(23)17(13-15-6-10-22-11-7-15)20(24)16(18)12-14-4-8-21-9-5-14/h4-13,18-19H,2-3H2,1H3/b16-12+,17-13+. The van der Waals surface area contributed by atoms with Crippen LogP contribution in [0.4, 0.5) is 0 Å². The number of aromatic nitrogens is 2. The topological polar surface area (TPSA) is 46.1 Å². The van der Waals surface area contributed by atoms with Crippen LogP contribution < -0.4 is 0 Å². The fraction of sp³-hybridized carbons (Fsp3) is 0.250. The molecule has 2 unspecified atom stereocenters. The lowest BCUT2D eigenvalue weighted by Gasteiger charge is -2.34. The van der Waals surface area contributed by atoms with E-state index in [1.54, 1.807) is 24.8 Å². The molecule has 2 bridgehead atoms. The fourth-order valence-electron chi connectivity index (χ4n) is 3.76. The lowest BCUT2D eigenvalue weighted by Crippen LogP contribution is -2.43. The summed E-state index contributed by atoms with van der Waals surface area (Å²) in [6.45, 7) is 0. The van der Waals surface area contributed by atoms with E-state index in [1.165, 1.54) is 0 Å². The Morgan fingerprint density at radius 2 is 1.29 bits per heavy atom. The van der Waals surface area contributed by atoms with Crippen LogP contribution >= 0.6 is 0 Å². The number of nitrogens with zero attached hydrogens (tertiary/aromatic N) is 3. The second-order valence-corrected chi connectivity index (χ2v) is 6.36. The molecule has 4 rings (SSSR count). The number of carbonyl (C=O) groups is 1. The number of hydrogen-bond donors (Lipinski definition) is 0. The Morgan fingerprint density at radius 3 is 1.71 bits per heavy atom. The zero-order valence-electron chi connectivity index (χ0n) is 13.6. The summed E-state index contributed by atoms with van der Waals surface area (Å²) in [6, 6.07) is 8.18. The van der Waals surface area contributed by atoms with Crippen molar-refractivity contribution in [2.24, 2.45) is 0 Å². The molecule has 2 aromatic rings. The molecule has 2 aliphatic heterocycles. The molecule has 0 N–H and O–H groups in total. The molecule has 24 heavy (non-hydrogen) atoms. The van der Waals surface area contributed by atoms with Crippen LogP contribution in [-0.2, 0) is 4.79 Å². The largest absolute Gasteiger partial charge is 0.292 e. The minimum atomic E-state index is 0.175. The van der Waals surface area contributed by atoms with Gasteiger partial charge in [-0.15, -0.1) is 0 Å². The van der Waals surface area contributed by atoms with Crippen molar-refractivity contribution in [3.8, 4) is 0 Å². The monoisotopic (exact) mass is 317 g/mol. The van der Waals surface area contributed by atoms with Gasteiger partial charge in [0.2, 0.25) is 0 Å². The Labute approximate surface area is 141 Å². The van der Waals surface area contributed by atoms with Crippen molar-refractivity contribution in [2.45, 2.75) is 24.9 Å². The maximum absolute atomic E-state index is 13.1. The van der Waals surface area contributed by atoms with Crippen LogP contribution in [0.1, 0.15) is 24.0 Å². The lowest BCUT2D eigenvalue weighted by atomic mass is 9.88. The predicted octanol–water partition coefficient (Wildman–Crippen LogP) is 2.99. The average molecular weight is 317 g/mol. The van der Waals surface area contributed by atoms with E-state index in [9.17, 15) is 4.79 Å². The number of fused-ring (bicyclic) bond motifs is 2. The molecule has 2 fully saturated rings. The summed E-state index contributed by atoms with van der Waals surface area (Å²) in [5.74, 6) is 0.175. The quantitative estimate of drug-likeness (QED) is 0.799. The number of ketones is 1. The SMILES string of the molecule is CN1C2CCC1/C(=C\c1ccncc1)C(=O)/C2=C/c1ccncc1. The van der Waals surface area contributed by atoms with Gasteiger partial charge in [0.1, 0.15) is 0 Å². The van der Waals surface area contributed by atoms with E-state index in [4.69, 9.17) is 0 Å². The number of rotatable bonds is 2. The molecule has 4 nitrogen and oxygen atoms in total. The van der Waals surface area contributed by atoms with Gasteiger partial charge < -0.3 is 0 Å². The van der Waals surface area contributed by atoms with Gasteiger partial charge in [-0.25, -0.2) is 0 Å². The number of piperidine rings is 1. The van der Waals surface area contributed by atoms with Crippen molar-refractivity contribution in [3.63, 3.8) is 0 Å². The normalized spacial score (nSPS) is 27.1. The van der Waals surface area contributed by atoms with Crippen molar-refractivity contribution < 1.29 is 4.79 Å². The molecule has 0 radical (unpaired) electrons. The lowest BCUT2D eigenvalue weighted by molar-refractivity contribution is -0.114. The highest BCUT2D eigenvalue weighted by atomic mass is 16.1. The minimum Gasteiger partial charge on any atom is -0.292 e. The molecule has 2 aliphatic rings. The van der Waals surface area contributed by atoms with Crippen LogP contribution in [0, 0.1) is 0 Å².